The van der Waals surface area contributed by atoms with Crippen molar-refractivity contribution in [2.24, 2.45) is 0 Å². The second-order valence-electron chi connectivity index (χ2n) is 5.48. The van der Waals surface area contributed by atoms with Gasteiger partial charge in [0, 0.05) is 12.6 Å². The number of Topliss-reactive ketones (excluding diaryl/α,β-unsaturated/α-hetero) is 1. The minimum absolute atomic E-state index is 0.0138. The molecule has 0 radical (unpaired) electrons. The quantitative estimate of drug-likeness (QED) is 0.765. The van der Waals surface area contributed by atoms with Gasteiger partial charge in [0.15, 0.2) is 5.78 Å². The molecule has 0 aliphatic rings. The highest BCUT2D eigenvalue weighted by atomic mass is 16.5. The SMILES string of the molecule is CC(=O)c1ccc(C#N)c(N(C)CCOc2ccc(C)cc2)c1. The zero-order valence-electron chi connectivity index (χ0n) is 13.7. The summed E-state index contributed by atoms with van der Waals surface area (Å²) >= 11 is 0. The van der Waals surface area contributed by atoms with Crippen molar-refractivity contribution in [3.8, 4) is 11.8 Å². The van der Waals surface area contributed by atoms with Crippen molar-refractivity contribution in [1.29, 1.82) is 5.26 Å². The highest BCUT2D eigenvalue weighted by Gasteiger charge is 2.10. The predicted octanol–water partition coefficient (Wildman–Crippen LogP) is 3.58. The molecule has 0 spiro atoms. The van der Waals surface area contributed by atoms with E-state index in [0.29, 0.717) is 24.3 Å². The van der Waals surface area contributed by atoms with Crippen molar-refractivity contribution in [3.05, 3.63) is 59.2 Å². The maximum absolute atomic E-state index is 11.5. The van der Waals surface area contributed by atoms with Crippen LogP contribution in [0, 0.1) is 18.3 Å². The average Bonchev–Trinajstić information content (AvgIpc) is 2.55. The van der Waals surface area contributed by atoms with E-state index in [0.717, 1.165) is 11.4 Å². The normalized spacial score (nSPS) is 10.0. The summed E-state index contributed by atoms with van der Waals surface area (Å²) in [5.41, 5.74) is 3.08. The topological polar surface area (TPSA) is 53.3 Å². The zero-order valence-corrected chi connectivity index (χ0v) is 13.7. The number of hydrogen-bond acceptors (Lipinski definition) is 4. The van der Waals surface area contributed by atoms with E-state index in [1.54, 1.807) is 18.2 Å². The number of hydrogen-bond donors (Lipinski definition) is 0. The number of aryl methyl sites for hydroxylation is 1. The van der Waals surface area contributed by atoms with Gasteiger partial charge in [0.05, 0.1) is 17.8 Å². The molecule has 0 fully saturated rings. The molecule has 0 saturated carbocycles. The highest BCUT2D eigenvalue weighted by molar-refractivity contribution is 5.95. The first-order valence-electron chi connectivity index (χ1n) is 7.47. The molecular weight excluding hydrogens is 288 g/mol. The Morgan fingerprint density at radius 1 is 1.22 bits per heavy atom. The Morgan fingerprint density at radius 3 is 2.52 bits per heavy atom. The monoisotopic (exact) mass is 308 g/mol. The van der Waals surface area contributed by atoms with Gasteiger partial charge in [0.1, 0.15) is 18.4 Å². The fourth-order valence-electron chi connectivity index (χ4n) is 2.22. The minimum Gasteiger partial charge on any atom is -0.492 e. The molecule has 0 amide bonds. The molecule has 0 bridgehead atoms. The lowest BCUT2D eigenvalue weighted by molar-refractivity contribution is 0.101. The van der Waals surface area contributed by atoms with Crippen LogP contribution in [0.3, 0.4) is 0 Å². The Balaban J connectivity index is 2.03. The van der Waals surface area contributed by atoms with Crippen molar-refractivity contribution in [3.63, 3.8) is 0 Å². The maximum atomic E-state index is 11.5. The van der Waals surface area contributed by atoms with Crippen LogP contribution < -0.4 is 9.64 Å². The van der Waals surface area contributed by atoms with Gasteiger partial charge in [-0.05, 0) is 44.2 Å². The largest absolute Gasteiger partial charge is 0.492 e. The summed E-state index contributed by atoms with van der Waals surface area (Å²) in [6, 6.07) is 15.2. The number of likely N-dealkylation sites (N-methyl/N-ethyl adjacent to an activating group) is 1. The molecule has 0 saturated heterocycles. The van der Waals surface area contributed by atoms with E-state index in [2.05, 4.69) is 6.07 Å². The smallest absolute Gasteiger partial charge is 0.159 e. The number of benzene rings is 2. The van der Waals surface area contributed by atoms with Crippen LogP contribution in [-0.4, -0.2) is 26.0 Å². The second-order valence-corrected chi connectivity index (χ2v) is 5.48. The molecule has 0 unspecified atom stereocenters. The van der Waals surface area contributed by atoms with Crippen molar-refractivity contribution < 1.29 is 9.53 Å². The number of ether oxygens (including phenoxy) is 1. The summed E-state index contributed by atoms with van der Waals surface area (Å²) in [4.78, 5) is 13.4. The summed E-state index contributed by atoms with van der Waals surface area (Å²) in [5, 5.41) is 9.23. The van der Waals surface area contributed by atoms with E-state index in [4.69, 9.17) is 4.74 Å². The fraction of sp³-hybridized carbons (Fsp3) is 0.263. The van der Waals surface area contributed by atoms with Crippen LogP contribution in [0.5, 0.6) is 5.75 Å². The lowest BCUT2D eigenvalue weighted by Crippen LogP contribution is -2.24. The number of rotatable bonds is 6. The van der Waals surface area contributed by atoms with Crippen molar-refractivity contribution >= 4 is 11.5 Å². The lowest BCUT2D eigenvalue weighted by atomic mass is 10.1. The van der Waals surface area contributed by atoms with Crippen molar-refractivity contribution in [2.45, 2.75) is 13.8 Å². The molecule has 0 aromatic heterocycles. The molecule has 0 aliphatic carbocycles. The van der Waals surface area contributed by atoms with Crippen LogP contribution in [0.15, 0.2) is 42.5 Å². The Morgan fingerprint density at radius 2 is 1.91 bits per heavy atom. The van der Waals surface area contributed by atoms with Crippen LogP contribution in [-0.2, 0) is 0 Å². The van der Waals surface area contributed by atoms with E-state index in [1.165, 1.54) is 12.5 Å². The van der Waals surface area contributed by atoms with E-state index in [-0.39, 0.29) is 5.78 Å². The first-order valence-corrected chi connectivity index (χ1v) is 7.47. The van der Waals surface area contributed by atoms with E-state index in [9.17, 15) is 10.1 Å². The summed E-state index contributed by atoms with van der Waals surface area (Å²) < 4.78 is 5.71. The molecule has 2 aromatic rings. The number of nitrogens with zero attached hydrogens (tertiary/aromatic N) is 2. The van der Waals surface area contributed by atoms with Crippen LogP contribution in [0.2, 0.25) is 0 Å². The molecule has 0 heterocycles. The number of anilines is 1. The molecule has 2 aromatic carbocycles. The Labute approximate surface area is 136 Å². The summed E-state index contributed by atoms with van der Waals surface area (Å²) in [6.07, 6.45) is 0. The van der Waals surface area contributed by atoms with Crippen molar-refractivity contribution in [1.82, 2.24) is 0 Å². The molecule has 23 heavy (non-hydrogen) atoms. The molecule has 0 atom stereocenters. The van der Waals surface area contributed by atoms with Gasteiger partial charge in [-0.25, -0.2) is 0 Å². The van der Waals surface area contributed by atoms with Gasteiger partial charge in [0.2, 0.25) is 0 Å². The van der Waals surface area contributed by atoms with E-state index < -0.39 is 0 Å². The van der Waals surface area contributed by atoms with Gasteiger partial charge in [0.25, 0.3) is 0 Å². The van der Waals surface area contributed by atoms with Gasteiger partial charge in [-0.1, -0.05) is 17.7 Å². The predicted molar refractivity (Wildman–Crippen MR) is 91.1 cm³/mol. The Hall–Kier alpha value is -2.80. The molecule has 4 nitrogen and oxygen atoms in total. The summed E-state index contributed by atoms with van der Waals surface area (Å²) in [5.74, 6) is 0.807. The number of nitriles is 1. The first kappa shape index (κ1) is 16.6. The molecule has 118 valence electrons. The van der Waals surface area contributed by atoms with E-state index >= 15 is 0 Å². The summed E-state index contributed by atoms with van der Waals surface area (Å²) in [7, 11) is 1.89. The standard InChI is InChI=1S/C19H20N2O2/c1-14-4-8-18(9-5-14)23-11-10-21(3)19-12-16(15(2)22)6-7-17(19)13-20/h4-9,12H,10-11H2,1-3H3. The third-order valence-corrected chi connectivity index (χ3v) is 3.65. The first-order chi connectivity index (χ1) is 11.0. The van der Waals surface area contributed by atoms with Gasteiger partial charge >= 0.3 is 0 Å². The number of carbonyl (C=O) groups excluding carboxylic acids is 1. The highest BCUT2D eigenvalue weighted by Crippen LogP contribution is 2.21. The van der Waals surface area contributed by atoms with Gasteiger partial charge in [-0.15, -0.1) is 0 Å². The molecule has 0 aliphatic heterocycles. The van der Waals surface area contributed by atoms with Crippen LogP contribution >= 0.6 is 0 Å². The average molecular weight is 308 g/mol. The molecular formula is C19H20N2O2. The van der Waals surface area contributed by atoms with Crippen LogP contribution in [0.25, 0.3) is 0 Å². The lowest BCUT2D eigenvalue weighted by Gasteiger charge is -2.21. The van der Waals surface area contributed by atoms with Crippen molar-refractivity contribution in [2.75, 3.05) is 25.1 Å². The Bertz CT molecular complexity index is 730. The minimum atomic E-state index is -0.0138. The third-order valence-electron chi connectivity index (χ3n) is 3.65. The molecule has 2 rings (SSSR count). The second kappa shape index (κ2) is 7.46. The van der Waals surface area contributed by atoms with E-state index in [1.807, 2.05) is 43.1 Å². The fourth-order valence-corrected chi connectivity index (χ4v) is 2.22. The van der Waals surface area contributed by atoms with Crippen LogP contribution in [0.1, 0.15) is 28.4 Å². The van der Waals surface area contributed by atoms with Gasteiger partial charge < -0.3 is 9.64 Å². The van der Waals surface area contributed by atoms with Gasteiger partial charge in [-0.2, -0.15) is 5.26 Å². The Kier molecular flexibility index (Phi) is 5.37. The van der Waals surface area contributed by atoms with Crippen LogP contribution in [0.4, 0.5) is 5.69 Å². The third kappa shape index (κ3) is 4.33. The molecule has 0 N–H and O–H groups in total. The summed E-state index contributed by atoms with van der Waals surface area (Å²) in [6.45, 7) is 4.66. The number of ketones is 1. The van der Waals surface area contributed by atoms with Gasteiger partial charge in [-0.3, -0.25) is 4.79 Å². The zero-order chi connectivity index (χ0) is 16.8. The maximum Gasteiger partial charge on any atom is 0.159 e. The molecule has 4 heteroatoms. The number of carbonyl (C=O) groups is 1.